The highest BCUT2D eigenvalue weighted by atomic mass is 16.5. The van der Waals surface area contributed by atoms with E-state index in [-0.39, 0.29) is 6.04 Å². The van der Waals surface area contributed by atoms with Crippen LogP contribution in [-0.2, 0) is 17.7 Å². The Morgan fingerprint density at radius 3 is 2.67 bits per heavy atom. The Balaban J connectivity index is 2.78. The number of aryl methyl sites for hydroxylation is 2. The Labute approximate surface area is 111 Å². The smallest absolute Gasteiger partial charge is 0.0729 e. The molecule has 0 fully saturated rings. The zero-order chi connectivity index (χ0) is 13.4. The molecule has 0 aliphatic carbocycles. The third-order valence-corrected chi connectivity index (χ3v) is 2.96. The van der Waals surface area contributed by atoms with Crippen molar-refractivity contribution >= 4 is 0 Å². The summed E-state index contributed by atoms with van der Waals surface area (Å²) in [4.78, 5) is 0. The van der Waals surface area contributed by atoms with E-state index >= 15 is 0 Å². The first-order valence-electron chi connectivity index (χ1n) is 7.14. The predicted octanol–water partition coefficient (Wildman–Crippen LogP) is 2.54. The fraction of sp³-hybridized carbons (Fsp3) is 0.786. The normalized spacial score (nSPS) is 12.9. The van der Waals surface area contributed by atoms with Crippen molar-refractivity contribution in [1.29, 1.82) is 0 Å². The van der Waals surface area contributed by atoms with Crippen molar-refractivity contribution in [3.05, 3.63) is 17.5 Å². The van der Waals surface area contributed by atoms with Crippen LogP contribution in [0.15, 0.2) is 6.07 Å². The molecule has 1 aromatic heterocycles. The molecule has 0 spiro atoms. The molecule has 0 aliphatic rings. The lowest BCUT2D eigenvalue weighted by atomic mass is 10.2. The monoisotopic (exact) mass is 253 g/mol. The first-order chi connectivity index (χ1) is 8.76. The molecule has 0 bridgehead atoms. The lowest BCUT2D eigenvalue weighted by molar-refractivity contribution is 0.110. The van der Waals surface area contributed by atoms with Crippen molar-refractivity contribution in [2.45, 2.75) is 53.1 Å². The summed E-state index contributed by atoms with van der Waals surface area (Å²) < 4.78 is 7.78. The van der Waals surface area contributed by atoms with Gasteiger partial charge in [0.1, 0.15) is 0 Å². The highest BCUT2D eigenvalue weighted by molar-refractivity contribution is 5.14. The molecule has 4 heteroatoms. The van der Waals surface area contributed by atoms with Gasteiger partial charge in [-0.3, -0.25) is 4.68 Å². The minimum Gasteiger partial charge on any atom is -0.379 e. The number of hydrogen-bond donors (Lipinski definition) is 1. The van der Waals surface area contributed by atoms with Gasteiger partial charge in [0.2, 0.25) is 0 Å². The number of nitrogens with zero attached hydrogens (tertiary/aromatic N) is 2. The van der Waals surface area contributed by atoms with Crippen LogP contribution in [0.25, 0.3) is 0 Å². The summed E-state index contributed by atoms with van der Waals surface area (Å²) in [7, 11) is 0. The lowest BCUT2D eigenvalue weighted by Crippen LogP contribution is -2.28. The van der Waals surface area contributed by atoms with E-state index in [2.05, 4.69) is 48.9 Å². The fourth-order valence-corrected chi connectivity index (χ4v) is 2.03. The molecule has 104 valence electrons. The predicted molar refractivity (Wildman–Crippen MR) is 74.8 cm³/mol. The molecule has 4 nitrogen and oxygen atoms in total. The summed E-state index contributed by atoms with van der Waals surface area (Å²) in [6.45, 7) is 11.9. The molecule has 0 amide bonds. The zero-order valence-electron chi connectivity index (χ0n) is 12.2. The molecule has 1 heterocycles. The van der Waals surface area contributed by atoms with Crippen molar-refractivity contribution in [2.24, 2.45) is 0 Å². The third-order valence-electron chi connectivity index (χ3n) is 2.96. The number of likely N-dealkylation sites (N-methyl/N-ethyl adjacent to an activating group) is 1. The van der Waals surface area contributed by atoms with Gasteiger partial charge in [-0.1, -0.05) is 20.8 Å². The van der Waals surface area contributed by atoms with E-state index < -0.39 is 0 Å². The van der Waals surface area contributed by atoms with Gasteiger partial charge in [-0.2, -0.15) is 5.10 Å². The maximum absolute atomic E-state index is 5.69. The van der Waals surface area contributed by atoms with Crippen LogP contribution < -0.4 is 5.32 Å². The molecule has 0 aromatic carbocycles. The van der Waals surface area contributed by atoms with Crippen molar-refractivity contribution < 1.29 is 4.74 Å². The van der Waals surface area contributed by atoms with Crippen molar-refractivity contribution in [2.75, 3.05) is 19.8 Å². The Morgan fingerprint density at radius 2 is 2.11 bits per heavy atom. The second-order valence-electron chi connectivity index (χ2n) is 4.42. The molecule has 1 N–H and O–H groups in total. The highest BCUT2D eigenvalue weighted by Gasteiger charge is 2.16. The standard InChI is InChI=1S/C14H27N3O/c1-5-9-18-11-13(15-7-3)14-10-12(6-2)16-17(14)8-4/h10,13,15H,5-9,11H2,1-4H3. The van der Waals surface area contributed by atoms with Gasteiger partial charge in [0, 0.05) is 13.2 Å². The first-order valence-corrected chi connectivity index (χ1v) is 7.14. The Morgan fingerprint density at radius 1 is 1.33 bits per heavy atom. The van der Waals surface area contributed by atoms with Gasteiger partial charge in [-0.05, 0) is 32.4 Å². The summed E-state index contributed by atoms with van der Waals surface area (Å²) in [6.07, 6.45) is 2.04. The third kappa shape index (κ3) is 4.10. The molecule has 1 rings (SSSR count). The van der Waals surface area contributed by atoms with E-state index in [4.69, 9.17) is 4.74 Å². The van der Waals surface area contributed by atoms with Crippen molar-refractivity contribution in [3.8, 4) is 0 Å². The number of hydrogen-bond acceptors (Lipinski definition) is 3. The van der Waals surface area contributed by atoms with E-state index in [1.165, 1.54) is 5.69 Å². The van der Waals surface area contributed by atoms with Gasteiger partial charge >= 0.3 is 0 Å². The van der Waals surface area contributed by atoms with E-state index in [9.17, 15) is 0 Å². The zero-order valence-corrected chi connectivity index (χ0v) is 12.2. The van der Waals surface area contributed by atoms with Crippen LogP contribution >= 0.6 is 0 Å². The van der Waals surface area contributed by atoms with E-state index in [0.717, 1.165) is 44.8 Å². The summed E-state index contributed by atoms with van der Waals surface area (Å²) in [5.74, 6) is 0. The number of aromatic nitrogens is 2. The van der Waals surface area contributed by atoms with Gasteiger partial charge < -0.3 is 10.1 Å². The quantitative estimate of drug-likeness (QED) is 0.687. The maximum Gasteiger partial charge on any atom is 0.0729 e. The molecular weight excluding hydrogens is 226 g/mol. The molecule has 1 unspecified atom stereocenters. The summed E-state index contributed by atoms with van der Waals surface area (Å²) in [6, 6.07) is 2.45. The molecule has 0 aliphatic heterocycles. The van der Waals surface area contributed by atoms with E-state index in [1.807, 2.05) is 0 Å². The molecule has 0 radical (unpaired) electrons. The Kier molecular flexibility index (Phi) is 6.98. The van der Waals surface area contributed by atoms with Crippen LogP contribution in [0.5, 0.6) is 0 Å². The van der Waals surface area contributed by atoms with E-state index in [0.29, 0.717) is 0 Å². The average Bonchev–Trinajstić information content (AvgIpc) is 2.81. The summed E-state index contributed by atoms with van der Waals surface area (Å²) >= 11 is 0. The molecule has 1 atom stereocenters. The van der Waals surface area contributed by atoms with Crippen LogP contribution in [-0.4, -0.2) is 29.5 Å². The fourth-order valence-electron chi connectivity index (χ4n) is 2.03. The highest BCUT2D eigenvalue weighted by Crippen LogP contribution is 2.16. The largest absolute Gasteiger partial charge is 0.379 e. The minimum atomic E-state index is 0.245. The first kappa shape index (κ1) is 15.2. The van der Waals surface area contributed by atoms with Gasteiger partial charge in [-0.25, -0.2) is 0 Å². The van der Waals surface area contributed by atoms with Gasteiger partial charge in [0.05, 0.1) is 24.0 Å². The van der Waals surface area contributed by atoms with E-state index in [1.54, 1.807) is 0 Å². The summed E-state index contributed by atoms with van der Waals surface area (Å²) in [5, 5.41) is 8.08. The molecule has 0 saturated carbocycles. The van der Waals surface area contributed by atoms with Crippen molar-refractivity contribution in [1.82, 2.24) is 15.1 Å². The number of rotatable bonds is 9. The second kappa shape index (κ2) is 8.27. The second-order valence-corrected chi connectivity index (χ2v) is 4.42. The Hall–Kier alpha value is -0.870. The van der Waals surface area contributed by atoms with Gasteiger partial charge in [0.25, 0.3) is 0 Å². The summed E-state index contributed by atoms with van der Waals surface area (Å²) in [5.41, 5.74) is 2.40. The SMILES string of the molecule is CCCOCC(NCC)c1cc(CC)nn1CC. The molecule has 1 aromatic rings. The molecule has 18 heavy (non-hydrogen) atoms. The molecular formula is C14H27N3O. The molecule has 0 saturated heterocycles. The van der Waals surface area contributed by atoms with Crippen LogP contribution in [0.4, 0.5) is 0 Å². The van der Waals surface area contributed by atoms with Gasteiger partial charge in [0.15, 0.2) is 0 Å². The number of nitrogens with one attached hydrogen (secondary N) is 1. The Bertz CT molecular complexity index is 336. The van der Waals surface area contributed by atoms with Crippen molar-refractivity contribution in [3.63, 3.8) is 0 Å². The van der Waals surface area contributed by atoms with Gasteiger partial charge in [-0.15, -0.1) is 0 Å². The average molecular weight is 253 g/mol. The van der Waals surface area contributed by atoms with Crippen LogP contribution in [0, 0.1) is 0 Å². The lowest BCUT2D eigenvalue weighted by Gasteiger charge is -2.18. The maximum atomic E-state index is 5.69. The minimum absolute atomic E-state index is 0.245. The van der Waals surface area contributed by atoms with Crippen LogP contribution in [0.1, 0.15) is 51.5 Å². The van der Waals surface area contributed by atoms with Crippen LogP contribution in [0.3, 0.4) is 0 Å². The topological polar surface area (TPSA) is 39.1 Å². The number of ether oxygens (including phenoxy) is 1. The van der Waals surface area contributed by atoms with Crippen LogP contribution in [0.2, 0.25) is 0 Å².